The Balaban J connectivity index is 1.72. The predicted octanol–water partition coefficient (Wildman–Crippen LogP) is 4.49. The van der Waals surface area contributed by atoms with Crippen molar-refractivity contribution < 1.29 is 0 Å². The summed E-state index contributed by atoms with van der Waals surface area (Å²) in [6.07, 6.45) is 11.2. The van der Waals surface area contributed by atoms with Crippen LogP contribution < -0.4 is 0 Å². The molecule has 4 atom stereocenters. The van der Waals surface area contributed by atoms with E-state index >= 15 is 0 Å². The van der Waals surface area contributed by atoms with Crippen molar-refractivity contribution in [1.82, 2.24) is 0 Å². The first-order valence-corrected chi connectivity index (χ1v) is 7.70. The largest absolute Gasteiger partial charge is 0.0801 e. The van der Waals surface area contributed by atoms with Gasteiger partial charge in [0.05, 0.1) is 0 Å². The molecule has 18 heavy (non-hydrogen) atoms. The highest BCUT2D eigenvalue weighted by atomic mass is 14.6. The zero-order chi connectivity index (χ0) is 11.7. The van der Waals surface area contributed by atoms with E-state index in [4.69, 9.17) is 0 Å². The summed E-state index contributed by atoms with van der Waals surface area (Å²) in [4.78, 5) is 0. The lowest BCUT2D eigenvalue weighted by molar-refractivity contribution is -0.00639. The average molecular weight is 236 g/mol. The van der Waals surface area contributed by atoms with Crippen molar-refractivity contribution in [2.24, 2.45) is 23.7 Å². The minimum absolute atomic E-state index is 0.754. The molecule has 0 N–H and O–H groups in total. The van der Waals surface area contributed by atoms with E-state index in [1.54, 1.807) is 11.1 Å². The molecule has 0 aromatic heterocycles. The van der Waals surface area contributed by atoms with E-state index in [2.05, 4.69) is 36.4 Å². The molecule has 0 aliphatic heterocycles. The van der Waals surface area contributed by atoms with Gasteiger partial charge in [0.1, 0.15) is 0 Å². The highest BCUT2D eigenvalue weighted by molar-refractivity contribution is 5.47. The SMILES string of the molecule is C1=C[C@H]2c3ccccc3[C@@H]1[C@@H]1C3CCC(CC3)[C@@H]12. The summed E-state index contributed by atoms with van der Waals surface area (Å²) in [5, 5.41) is 0. The maximum absolute atomic E-state index is 2.55. The second-order valence-corrected chi connectivity index (χ2v) is 6.89. The van der Waals surface area contributed by atoms with Crippen molar-refractivity contribution in [2.75, 3.05) is 0 Å². The van der Waals surface area contributed by atoms with Gasteiger partial charge in [0.25, 0.3) is 0 Å². The molecule has 0 heteroatoms. The van der Waals surface area contributed by atoms with Gasteiger partial charge in [-0.2, -0.15) is 0 Å². The molecule has 3 saturated carbocycles. The van der Waals surface area contributed by atoms with Crippen LogP contribution in [0, 0.1) is 23.7 Å². The van der Waals surface area contributed by atoms with Crippen LogP contribution in [0.4, 0.5) is 0 Å². The Morgan fingerprint density at radius 2 is 1.11 bits per heavy atom. The minimum Gasteiger partial charge on any atom is -0.0801 e. The summed E-state index contributed by atoms with van der Waals surface area (Å²) in [7, 11) is 0. The number of fused-ring (bicyclic) bond motifs is 2. The van der Waals surface area contributed by atoms with Gasteiger partial charge in [0, 0.05) is 11.8 Å². The van der Waals surface area contributed by atoms with Crippen LogP contribution in [0.3, 0.4) is 0 Å². The third-order valence-electron chi connectivity index (χ3n) is 6.42. The summed E-state index contributed by atoms with van der Waals surface area (Å²) in [5.74, 6) is 5.55. The van der Waals surface area contributed by atoms with E-state index in [-0.39, 0.29) is 0 Å². The van der Waals surface area contributed by atoms with Gasteiger partial charge < -0.3 is 0 Å². The van der Waals surface area contributed by atoms with Gasteiger partial charge in [0.15, 0.2) is 0 Å². The molecule has 7 rings (SSSR count). The molecule has 0 amide bonds. The quantitative estimate of drug-likeness (QED) is 0.582. The van der Waals surface area contributed by atoms with Crippen LogP contribution in [-0.4, -0.2) is 0 Å². The molecule has 1 aromatic rings. The number of hydrogen-bond acceptors (Lipinski definition) is 0. The van der Waals surface area contributed by atoms with E-state index in [1.165, 1.54) is 25.7 Å². The second-order valence-electron chi connectivity index (χ2n) is 6.89. The standard InChI is InChI=1S/C18H20/c1-2-4-14-13(3-1)15-9-10-16(14)18-12-7-5-11(6-8-12)17(15)18/h1-4,9-12,15-18H,5-8H2/t11?,12?,15-,16+,17+,18-. The highest BCUT2D eigenvalue weighted by Gasteiger charge is 2.53. The van der Waals surface area contributed by atoms with Gasteiger partial charge in [-0.05, 0) is 60.5 Å². The van der Waals surface area contributed by atoms with Crippen LogP contribution in [0.25, 0.3) is 0 Å². The van der Waals surface area contributed by atoms with Crippen molar-refractivity contribution in [3.05, 3.63) is 47.5 Å². The van der Waals surface area contributed by atoms with Crippen molar-refractivity contribution in [3.63, 3.8) is 0 Å². The van der Waals surface area contributed by atoms with E-state index < -0.39 is 0 Å². The van der Waals surface area contributed by atoms with Crippen LogP contribution >= 0.6 is 0 Å². The first-order chi connectivity index (χ1) is 8.93. The predicted molar refractivity (Wildman–Crippen MR) is 73.5 cm³/mol. The second kappa shape index (κ2) is 3.29. The molecule has 1 aromatic carbocycles. The number of benzene rings is 1. The van der Waals surface area contributed by atoms with E-state index in [1.807, 2.05) is 0 Å². The fourth-order valence-electron chi connectivity index (χ4n) is 5.84. The Morgan fingerprint density at radius 1 is 0.667 bits per heavy atom. The molecule has 6 aliphatic carbocycles. The molecular weight excluding hydrogens is 216 g/mol. The lowest BCUT2D eigenvalue weighted by Crippen LogP contribution is -2.49. The van der Waals surface area contributed by atoms with Crippen LogP contribution in [0.5, 0.6) is 0 Å². The van der Waals surface area contributed by atoms with Gasteiger partial charge in [-0.1, -0.05) is 36.4 Å². The molecule has 3 fully saturated rings. The maximum atomic E-state index is 2.55. The van der Waals surface area contributed by atoms with Gasteiger partial charge >= 0.3 is 0 Å². The van der Waals surface area contributed by atoms with Crippen molar-refractivity contribution in [2.45, 2.75) is 37.5 Å². The molecule has 0 heterocycles. The number of allylic oxidation sites excluding steroid dienone is 2. The fourth-order valence-corrected chi connectivity index (χ4v) is 5.84. The van der Waals surface area contributed by atoms with Gasteiger partial charge in [-0.3, -0.25) is 0 Å². The first-order valence-electron chi connectivity index (χ1n) is 7.70. The summed E-state index contributed by atoms with van der Waals surface area (Å²) in [6, 6.07) is 9.27. The fraction of sp³-hybridized carbons (Fsp3) is 0.556. The zero-order valence-electron chi connectivity index (χ0n) is 10.8. The monoisotopic (exact) mass is 236 g/mol. The van der Waals surface area contributed by atoms with Crippen LogP contribution in [0.15, 0.2) is 36.4 Å². The Labute approximate surface area is 109 Å². The van der Waals surface area contributed by atoms with Crippen LogP contribution in [-0.2, 0) is 0 Å². The van der Waals surface area contributed by atoms with E-state index in [0.29, 0.717) is 0 Å². The zero-order valence-corrected chi connectivity index (χ0v) is 10.8. The van der Waals surface area contributed by atoms with Gasteiger partial charge in [-0.15, -0.1) is 0 Å². The molecule has 92 valence electrons. The Bertz CT molecular complexity index is 472. The molecule has 0 nitrogen and oxygen atoms in total. The molecule has 0 radical (unpaired) electrons. The topological polar surface area (TPSA) is 0 Å². The van der Waals surface area contributed by atoms with Crippen molar-refractivity contribution in [3.8, 4) is 0 Å². The van der Waals surface area contributed by atoms with E-state index in [0.717, 1.165) is 35.5 Å². The Hall–Kier alpha value is -1.04. The third-order valence-corrected chi connectivity index (χ3v) is 6.42. The number of hydrogen-bond donors (Lipinski definition) is 0. The Morgan fingerprint density at radius 3 is 1.56 bits per heavy atom. The highest BCUT2D eigenvalue weighted by Crippen LogP contribution is 2.63. The minimum atomic E-state index is 0.754. The Kier molecular flexibility index (Phi) is 1.80. The number of rotatable bonds is 0. The molecule has 4 bridgehead atoms. The van der Waals surface area contributed by atoms with E-state index in [9.17, 15) is 0 Å². The van der Waals surface area contributed by atoms with Gasteiger partial charge in [0.2, 0.25) is 0 Å². The maximum Gasteiger partial charge on any atom is 0.00551 e. The normalized spacial score (nSPS) is 46.9. The first kappa shape index (κ1) is 9.83. The summed E-state index contributed by atoms with van der Waals surface area (Å²) < 4.78 is 0. The lowest BCUT2D eigenvalue weighted by Gasteiger charge is -2.58. The molecule has 0 spiro atoms. The van der Waals surface area contributed by atoms with Crippen molar-refractivity contribution >= 4 is 0 Å². The lowest BCUT2D eigenvalue weighted by atomic mass is 9.46. The summed E-state index contributed by atoms with van der Waals surface area (Å²) in [5.41, 5.74) is 3.33. The molecule has 0 unspecified atom stereocenters. The van der Waals surface area contributed by atoms with Crippen LogP contribution in [0.1, 0.15) is 48.6 Å². The molecule has 6 aliphatic rings. The van der Waals surface area contributed by atoms with Gasteiger partial charge in [-0.25, -0.2) is 0 Å². The smallest absolute Gasteiger partial charge is 0.00551 e. The third kappa shape index (κ3) is 1.04. The molecular formula is C18H20. The molecule has 0 saturated heterocycles. The average Bonchev–Trinajstić information content (AvgIpc) is 2.49. The van der Waals surface area contributed by atoms with Crippen LogP contribution in [0.2, 0.25) is 0 Å². The van der Waals surface area contributed by atoms with Crippen molar-refractivity contribution in [1.29, 1.82) is 0 Å². The summed E-state index contributed by atoms with van der Waals surface area (Å²) in [6.45, 7) is 0. The summed E-state index contributed by atoms with van der Waals surface area (Å²) >= 11 is 0.